The number of fused-ring (bicyclic) bond motifs is 1. The van der Waals surface area contributed by atoms with Gasteiger partial charge in [0.05, 0.1) is 11.4 Å². The molecule has 1 aliphatic rings. The summed E-state index contributed by atoms with van der Waals surface area (Å²) in [5.41, 5.74) is 0.681. The standard InChI is InChI=1S/C19H13F3N4O3/c20-19(21,22)16-7-8-26(25-16)13-4-1-11(2-5-13)18(28)23-12-3-6-14-15(9-12)29-10-17(27)24-14/h1-9H,10H2,(H,23,28)(H,24,27). The summed E-state index contributed by atoms with van der Waals surface area (Å²) in [6.07, 6.45) is -3.32. The van der Waals surface area contributed by atoms with Crippen molar-refractivity contribution in [2.45, 2.75) is 6.18 Å². The molecule has 0 bridgehead atoms. The molecule has 7 nitrogen and oxygen atoms in total. The summed E-state index contributed by atoms with van der Waals surface area (Å²) in [5, 5.41) is 8.84. The minimum atomic E-state index is -4.52. The second kappa shape index (κ2) is 6.97. The van der Waals surface area contributed by atoms with E-state index in [0.29, 0.717) is 28.4 Å². The van der Waals surface area contributed by atoms with Gasteiger partial charge in [0.2, 0.25) is 0 Å². The monoisotopic (exact) mass is 402 g/mol. The maximum Gasteiger partial charge on any atom is 0.435 e. The summed E-state index contributed by atoms with van der Waals surface area (Å²) < 4.78 is 44.4. The van der Waals surface area contributed by atoms with Crippen LogP contribution in [0.15, 0.2) is 54.7 Å². The van der Waals surface area contributed by atoms with Crippen LogP contribution in [0.5, 0.6) is 5.75 Å². The lowest BCUT2D eigenvalue weighted by Gasteiger charge is -2.18. The third kappa shape index (κ3) is 3.91. The SMILES string of the molecule is O=C1COc2cc(NC(=O)c3ccc(-n4ccc(C(F)(F)F)n4)cc3)ccc2N1. The lowest BCUT2D eigenvalue weighted by Crippen LogP contribution is -2.25. The molecular weight excluding hydrogens is 389 g/mol. The van der Waals surface area contributed by atoms with E-state index in [1.54, 1.807) is 18.2 Å². The van der Waals surface area contributed by atoms with Crippen molar-refractivity contribution >= 4 is 23.2 Å². The zero-order valence-corrected chi connectivity index (χ0v) is 14.7. The molecule has 2 amide bonds. The molecule has 1 aromatic heterocycles. The average Bonchev–Trinajstić information content (AvgIpc) is 3.19. The van der Waals surface area contributed by atoms with E-state index in [9.17, 15) is 22.8 Å². The number of alkyl halides is 3. The van der Waals surface area contributed by atoms with Gasteiger partial charge in [0.15, 0.2) is 12.3 Å². The third-order valence-corrected chi connectivity index (χ3v) is 4.15. The van der Waals surface area contributed by atoms with Crippen molar-refractivity contribution in [3.63, 3.8) is 0 Å². The van der Waals surface area contributed by atoms with Crippen molar-refractivity contribution < 1.29 is 27.5 Å². The molecule has 29 heavy (non-hydrogen) atoms. The molecule has 1 aliphatic heterocycles. The number of hydrogen-bond acceptors (Lipinski definition) is 4. The first-order valence-corrected chi connectivity index (χ1v) is 8.41. The first-order valence-electron chi connectivity index (χ1n) is 8.41. The Morgan fingerprint density at radius 2 is 1.90 bits per heavy atom. The first kappa shape index (κ1) is 18.5. The van der Waals surface area contributed by atoms with Crippen molar-refractivity contribution in [2.24, 2.45) is 0 Å². The van der Waals surface area contributed by atoms with Gasteiger partial charge in [-0.2, -0.15) is 18.3 Å². The first-order chi connectivity index (χ1) is 13.8. The lowest BCUT2D eigenvalue weighted by atomic mass is 10.2. The Morgan fingerprint density at radius 1 is 1.14 bits per heavy atom. The molecule has 148 valence electrons. The maximum atomic E-state index is 12.7. The normalized spacial score (nSPS) is 13.3. The minimum absolute atomic E-state index is 0.102. The van der Waals surface area contributed by atoms with Gasteiger partial charge in [-0.15, -0.1) is 0 Å². The molecule has 2 aromatic carbocycles. The Morgan fingerprint density at radius 3 is 2.59 bits per heavy atom. The number of carbonyl (C=O) groups excluding carboxylic acids is 2. The Balaban J connectivity index is 1.47. The van der Waals surface area contributed by atoms with E-state index in [-0.39, 0.29) is 12.5 Å². The van der Waals surface area contributed by atoms with Gasteiger partial charge in [-0.25, -0.2) is 4.68 Å². The van der Waals surface area contributed by atoms with Crippen molar-refractivity contribution in [3.8, 4) is 11.4 Å². The van der Waals surface area contributed by atoms with Gasteiger partial charge < -0.3 is 15.4 Å². The van der Waals surface area contributed by atoms with Gasteiger partial charge in [0.25, 0.3) is 11.8 Å². The zero-order valence-electron chi connectivity index (χ0n) is 14.7. The zero-order chi connectivity index (χ0) is 20.6. The number of amides is 2. The number of ether oxygens (including phenoxy) is 1. The van der Waals surface area contributed by atoms with Gasteiger partial charge >= 0.3 is 6.18 Å². The van der Waals surface area contributed by atoms with Crippen LogP contribution in [-0.2, 0) is 11.0 Å². The van der Waals surface area contributed by atoms with Crippen LogP contribution in [0, 0.1) is 0 Å². The van der Waals surface area contributed by atoms with Crippen molar-refractivity contribution in [1.29, 1.82) is 0 Å². The molecule has 2 heterocycles. The average molecular weight is 402 g/mol. The molecule has 2 N–H and O–H groups in total. The van der Waals surface area contributed by atoms with Gasteiger partial charge in [0, 0.05) is 23.5 Å². The minimum Gasteiger partial charge on any atom is -0.482 e. The Hall–Kier alpha value is -3.82. The summed E-state index contributed by atoms with van der Waals surface area (Å²) in [7, 11) is 0. The maximum absolute atomic E-state index is 12.7. The highest BCUT2D eigenvalue weighted by molar-refractivity contribution is 6.05. The molecule has 0 saturated heterocycles. The fraction of sp³-hybridized carbons (Fsp3) is 0.105. The smallest absolute Gasteiger partial charge is 0.435 e. The number of benzene rings is 2. The molecule has 0 unspecified atom stereocenters. The molecular formula is C19H13F3N4O3. The molecule has 0 aliphatic carbocycles. The third-order valence-electron chi connectivity index (χ3n) is 4.15. The largest absolute Gasteiger partial charge is 0.482 e. The van der Waals surface area contributed by atoms with Crippen LogP contribution in [0.4, 0.5) is 24.5 Å². The fourth-order valence-corrected chi connectivity index (χ4v) is 2.74. The van der Waals surface area contributed by atoms with E-state index in [1.165, 1.54) is 30.5 Å². The molecule has 4 rings (SSSR count). The molecule has 10 heteroatoms. The number of aromatic nitrogens is 2. The van der Waals surface area contributed by atoms with Crippen molar-refractivity contribution in [1.82, 2.24) is 9.78 Å². The van der Waals surface area contributed by atoms with Gasteiger partial charge in [-0.3, -0.25) is 9.59 Å². The number of anilines is 2. The van der Waals surface area contributed by atoms with Crippen LogP contribution < -0.4 is 15.4 Å². The van der Waals surface area contributed by atoms with Crippen LogP contribution in [0.2, 0.25) is 0 Å². The van der Waals surface area contributed by atoms with Gasteiger partial charge in [0.1, 0.15) is 5.75 Å². The van der Waals surface area contributed by atoms with Crippen molar-refractivity contribution in [2.75, 3.05) is 17.2 Å². The highest BCUT2D eigenvalue weighted by Crippen LogP contribution is 2.31. The number of rotatable bonds is 3. The Kier molecular flexibility index (Phi) is 4.45. The van der Waals surface area contributed by atoms with Crippen LogP contribution in [0.3, 0.4) is 0 Å². The highest BCUT2D eigenvalue weighted by Gasteiger charge is 2.33. The van der Waals surface area contributed by atoms with E-state index in [0.717, 1.165) is 10.7 Å². The number of hydrogen-bond donors (Lipinski definition) is 2. The van der Waals surface area contributed by atoms with Crippen LogP contribution in [-0.4, -0.2) is 28.2 Å². The number of nitrogens with zero attached hydrogens (tertiary/aromatic N) is 2. The predicted octanol–water partition coefficient (Wildman–Crippen LogP) is 3.47. The summed E-state index contributed by atoms with van der Waals surface area (Å²) in [5.74, 6) is -0.224. The van der Waals surface area contributed by atoms with E-state index in [4.69, 9.17) is 4.74 Å². The number of halogens is 3. The molecule has 0 fully saturated rings. The van der Waals surface area contributed by atoms with Crippen molar-refractivity contribution in [3.05, 3.63) is 66.0 Å². The van der Waals surface area contributed by atoms with Crippen LogP contribution in [0.25, 0.3) is 5.69 Å². The summed E-state index contributed by atoms with van der Waals surface area (Å²) in [6.45, 7) is -0.102. The molecule has 0 spiro atoms. The fourth-order valence-electron chi connectivity index (χ4n) is 2.74. The van der Waals surface area contributed by atoms with Crippen LogP contribution in [0.1, 0.15) is 16.1 Å². The van der Waals surface area contributed by atoms with E-state index in [1.807, 2.05) is 0 Å². The van der Waals surface area contributed by atoms with Gasteiger partial charge in [-0.1, -0.05) is 0 Å². The van der Waals surface area contributed by atoms with Gasteiger partial charge in [-0.05, 0) is 42.5 Å². The second-order valence-corrected chi connectivity index (χ2v) is 6.19. The number of carbonyl (C=O) groups is 2. The molecule has 0 saturated carbocycles. The summed E-state index contributed by atoms with van der Waals surface area (Å²) in [6, 6.07) is 11.6. The second-order valence-electron chi connectivity index (χ2n) is 6.19. The van der Waals surface area contributed by atoms with Crippen LogP contribution >= 0.6 is 0 Å². The number of nitrogens with one attached hydrogen (secondary N) is 2. The lowest BCUT2D eigenvalue weighted by molar-refractivity contribution is -0.141. The van der Waals surface area contributed by atoms with E-state index in [2.05, 4.69) is 15.7 Å². The topological polar surface area (TPSA) is 85.2 Å². The Bertz CT molecular complexity index is 1090. The molecule has 3 aromatic rings. The quantitative estimate of drug-likeness (QED) is 0.703. The van der Waals surface area contributed by atoms with E-state index < -0.39 is 17.8 Å². The molecule has 0 atom stereocenters. The summed E-state index contributed by atoms with van der Waals surface area (Å²) in [4.78, 5) is 23.7. The molecule has 0 radical (unpaired) electrons. The Labute approximate surface area is 162 Å². The highest BCUT2D eigenvalue weighted by atomic mass is 19.4. The summed E-state index contributed by atoms with van der Waals surface area (Å²) >= 11 is 0. The van der Waals surface area contributed by atoms with E-state index >= 15 is 0 Å². The predicted molar refractivity (Wildman–Crippen MR) is 97.1 cm³/mol.